The molecule has 0 aliphatic heterocycles. The zero-order valence-electron chi connectivity index (χ0n) is 13.7. The number of thiazole rings is 1. The number of aromatic nitrogens is 1. The van der Waals surface area contributed by atoms with Crippen molar-refractivity contribution in [2.75, 3.05) is 5.75 Å². The van der Waals surface area contributed by atoms with Crippen LogP contribution < -0.4 is 5.32 Å². The van der Waals surface area contributed by atoms with Crippen LogP contribution in [0, 0.1) is 24.2 Å². The highest BCUT2D eigenvalue weighted by Crippen LogP contribution is 2.39. The molecule has 1 atom stereocenters. The van der Waals surface area contributed by atoms with Crippen molar-refractivity contribution >= 4 is 29.0 Å². The van der Waals surface area contributed by atoms with E-state index < -0.39 is 5.54 Å². The van der Waals surface area contributed by atoms with Crippen LogP contribution in [0.4, 0.5) is 0 Å². The van der Waals surface area contributed by atoms with Gasteiger partial charge in [0.15, 0.2) is 4.34 Å². The van der Waals surface area contributed by atoms with Gasteiger partial charge in [0.1, 0.15) is 5.54 Å². The molecule has 1 aromatic carbocycles. The molecular weight excluding hydrogens is 338 g/mol. The zero-order valence-corrected chi connectivity index (χ0v) is 15.3. The van der Waals surface area contributed by atoms with Crippen molar-refractivity contribution in [1.29, 1.82) is 5.26 Å². The van der Waals surface area contributed by atoms with Gasteiger partial charge in [-0.2, -0.15) is 5.26 Å². The number of nitriles is 1. The number of hydrogen-bond donors (Lipinski definition) is 1. The maximum absolute atomic E-state index is 12.1. The van der Waals surface area contributed by atoms with Gasteiger partial charge in [-0.3, -0.25) is 4.79 Å². The van der Waals surface area contributed by atoms with Crippen LogP contribution >= 0.6 is 23.1 Å². The van der Waals surface area contributed by atoms with Gasteiger partial charge >= 0.3 is 0 Å². The van der Waals surface area contributed by atoms with Gasteiger partial charge in [0, 0.05) is 10.9 Å². The van der Waals surface area contributed by atoms with Crippen molar-refractivity contribution in [3.05, 3.63) is 35.2 Å². The van der Waals surface area contributed by atoms with Crippen LogP contribution in [-0.4, -0.2) is 22.2 Å². The lowest BCUT2D eigenvalue weighted by atomic mass is 9.98. The summed E-state index contributed by atoms with van der Waals surface area (Å²) in [6.07, 6.45) is 2.04. The van der Waals surface area contributed by atoms with Gasteiger partial charge in [-0.05, 0) is 32.6 Å². The Morgan fingerprint density at radius 2 is 2.17 bits per heavy atom. The van der Waals surface area contributed by atoms with Crippen molar-refractivity contribution in [2.45, 2.75) is 36.6 Å². The van der Waals surface area contributed by atoms with E-state index in [4.69, 9.17) is 0 Å². The van der Waals surface area contributed by atoms with Crippen LogP contribution in [0.15, 0.2) is 34.0 Å². The Balaban J connectivity index is 1.56. The van der Waals surface area contributed by atoms with Crippen LogP contribution in [0.1, 0.15) is 25.3 Å². The predicted octanol–water partition coefficient (Wildman–Crippen LogP) is 4.02. The summed E-state index contributed by atoms with van der Waals surface area (Å²) < 4.78 is 0.866. The Kier molecular flexibility index (Phi) is 4.93. The minimum absolute atomic E-state index is 0.108. The van der Waals surface area contributed by atoms with Crippen molar-refractivity contribution in [1.82, 2.24) is 10.3 Å². The number of nitrogens with zero attached hydrogens (tertiary/aromatic N) is 2. The summed E-state index contributed by atoms with van der Waals surface area (Å²) in [6, 6.07) is 10.5. The van der Waals surface area contributed by atoms with Gasteiger partial charge in [-0.25, -0.2) is 4.98 Å². The van der Waals surface area contributed by atoms with Gasteiger partial charge in [0.25, 0.3) is 0 Å². The molecule has 1 aliphatic rings. The summed E-state index contributed by atoms with van der Waals surface area (Å²) in [5.41, 5.74) is 2.51. The lowest BCUT2D eigenvalue weighted by molar-refractivity contribution is -0.119. The second kappa shape index (κ2) is 6.96. The quantitative estimate of drug-likeness (QED) is 0.793. The minimum atomic E-state index is -0.729. The van der Waals surface area contributed by atoms with Crippen molar-refractivity contribution in [3.63, 3.8) is 0 Å². The third-order valence-corrected chi connectivity index (χ3v) is 6.20. The van der Waals surface area contributed by atoms with Gasteiger partial charge in [0.2, 0.25) is 5.91 Å². The third-order valence-electron chi connectivity index (χ3n) is 4.18. The molecule has 4 nitrogen and oxygen atoms in total. The lowest BCUT2D eigenvalue weighted by Gasteiger charge is -2.22. The van der Waals surface area contributed by atoms with Crippen LogP contribution in [-0.2, 0) is 4.79 Å². The molecule has 0 radical (unpaired) electrons. The maximum Gasteiger partial charge on any atom is 0.231 e. The average molecular weight is 358 g/mol. The summed E-state index contributed by atoms with van der Waals surface area (Å²) >= 11 is 2.96. The number of nitrogens with one attached hydrogen (secondary N) is 1. The molecule has 1 heterocycles. The predicted molar refractivity (Wildman–Crippen MR) is 97.9 cm³/mol. The maximum atomic E-state index is 12.1. The second-order valence-corrected chi connectivity index (χ2v) is 8.37. The van der Waals surface area contributed by atoms with Crippen LogP contribution in [0.25, 0.3) is 11.3 Å². The number of aryl methyl sites for hydroxylation is 1. The molecule has 0 saturated heterocycles. The molecule has 1 aromatic heterocycles. The topological polar surface area (TPSA) is 65.8 Å². The minimum Gasteiger partial charge on any atom is -0.337 e. The van der Waals surface area contributed by atoms with Crippen LogP contribution in [0.2, 0.25) is 0 Å². The molecule has 0 bridgehead atoms. The Labute approximate surface area is 150 Å². The molecule has 1 saturated carbocycles. The normalized spacial score (nSPS) is 16.2. The van der Waals surface area contributed by atoms with E-state index in [0.717, 1.165) is 28.4 Å². The van der Waals surface area contributed by atoms with Gasteiger partial charge in [-0.1, -0.05) is 41.6 Å². The van der Waals surface area contributed by atoms with Crippen LogP contribution in [0.3, 0.4) is 0 Å². The van der Waals surface area contributed by atoms with E-state index in [-0.39, 0.29) is 11.7 Å². The monoisotopic (exact) mass is 357 g/mol. The average Bonchev–Trinajstić information content (AvgIpc) is 3.33. The summed E-state index contributed by atoms with van der Waals surface area (Å²) in [5.74, 6) is 0.470. The Morgan fingerprint density at radius 1 is 1.46 bits per heavy atom. The number of carbonyl (C=O) groups is 1. The summed E-state index contributed by atoms with van der Waals surface area (Å²) in [5, 5.41) is 14.2. The van der Waals surface area contributed by atoms with Crippen molar-refractivity contribution in [3.8, 4) is 17.3 Å². The highest BCUT2D eigenvalue weighted by molar-refractivity contribution is 8.01. The van der Waals surface area contributed by atoms with E-state index in [1.54, 1.807) is 0 Å². The highest BCUT2D eigenvalue weighted by Gasteiger charge is 2.42. The van der Waals surface area contributed by atoms with E-state index in [9.17, 15) is 10.1 Å². The second-order valence-electron chi connectivity index (χ2n) is 6.29. The molecule has 1 fully saturated rings. The molecule has 2 aromatic rings. The Bertz CT molecular complexity index is 774. The molecule has 6 heteroatoms. The molecule has 24 heavy (non-hydrogen) atoms. The molecule has 1 amide bonds. The first kappa shape index (κ1) is 17.0. The van der Waals surface area contributed by atoms with Gasteiger partial charge < -0.3 is 5.32 Å². The van der Waals surface area contributed by atoms with E-state index in [2.05, 4.69) is 47.6 Å². The molecular formula is C18H19N3OS2. The standard InChI is InChI=1S/C18H19N3OS2/c1-12-3-5-13(6-4-12)15-9-23-17(20-15)24-10-16(22)21-18(2,11-19)14-7-8-14/h3-6,9,14H,7-8,10H2,1-2H3,(H,21,22)/t18-/m0/s1. The first-order valence-corrected chi connectivity index (χ1v) is 9.74. The van der Waals surface area contributed by atoms with Crippen LogP contribution in [0.5, 0.6) is 0 Å². The number of benzene rings is 1. The zero-order chi connectivity index (χ0) is 17.2. The molecule has 1 aliphatic carbocycles. The number of amides is 1. The number of rotatable bonds is 6. The largest absolute Gasteiger partial charge is 0.337 e. The number of carbonyl (C=O) groups excluding carboxylic acids is 1. The molecule has 124 valence electrons. The Hall–Kier alpha value is -1.84. The molecule has 0 unspecified atom stereocenters. The summed E-state index contributed by atoms with van der Waals surface area (Å²) in [7, 11) is 0. The third kappa shape index (κ3) is 3.97. The number of thioether (sulfide) groups is 1. The first-order valence-electron chi connectivity index (χ1n) is 7.88. The Morgan fingerprint density at radius 3 is 2.79 bits per heavy atom. The highest BCUT2D eigenvalue weighted by atomic mass is 32.2. The van der Waals surface area contributed by atoms with Gasteiger partial charge in [0.05, 0.1) is 17.5 Å². The van der Waals surface area contributed by atoms with E-state index >= 15 is 0 Å². The summed E-state index contributed by atoms with van der Waals surface area (Å²) in [6.45, 7) is 3.87. The fourth-order valence-electron chi connectivity index (χ4n) is 2.52. The lowest BCUT2D eigenvalue weighted by Crippen LogP contribution is -2.47. The van der Waals surface area contributed by atoms with Crippen molar-refractivity contribution < 1.29 is 4.79 Å². The van der Waals surface area contributed by atoms with Crippen molar-refractivity contribution in [2.24, 2.45) is 5.92 Å². The fraction of sp³-hybridized carbons (Fsp3) is 0.389. The molecule has 1 N–H and O–H groups in total. The van der Waals surface area contributed by atoms with Gasteiger partial charge in [-0.15, -0.1) is 11.3 Å². The van der Waals surface area contributed by atoms with E-state index in [1.807, 2.05) is 12.3 Å². The summed E-state index contributed by atoms with van der Waals surface area (Å²) in [4.78, 5) is 16.7. The number of hydrogen-bond acceptors (Lipinski definition) is 5. The fourth-order valence-corrected chi connectivity index (χ4v) is 4.15. The SMILES string of the molecule is Cc1ccc(-c2csc(SCC(=O)N[C@@](C)(C#N)C3CC3)n2)cc1. The van der Waals surface area contributed by atoms with E-state index in [1.165, 1.54) is 28.7 Å². The van der Waals surface area contributed by atoms with E-state index in [0.29, 0.717) is 5.92 Å². The first-order chi connectivity index (χ1) is 11.5. The smallest absolute Gasteiger partial charge is 0.231 e. The molecule has 0 spiro atoms. The molecule has 3 rings (SSSR count).